The molecule has 1 saturated heterocycles. The second kappa shape index (κ2) is 8.36. The maximum atomic E-state index is 12.8. The number of para-hydroxylation sites is 2. The number of nitrogens with one attached hydrogen (secondary N) is 1. The van der Waals surface area contributed by atoms with Gasteiger partial charge in [-0.3, -0.25) is 9.69 Å². The van der Waals surface area contributed by atoms with Crippen LogP contribution in [-0.2, 0) is 14.8 Å². The van der Waals surface area contributed by atoms with Crippen LogP contribution in [0.3, 0.4) is 0 Å². The number of rotatable bonds is 6. The number of benzene rings is 2. The first-order valence-electron chi connectivity index (χ1n) is 9.63. The lowest BCUT2D eigenvalue weighted by Crippen LogP contribution is -2.50. The molecule has 3 aromatic rings. The van der Waals surface area contributed by atoms with Gasteiger partial charge < -0.3 is 4.98 Å². The third-order valence-corrected chi connectivity index (χ3v) is 7.14. The highest BCUT2D eigenvalue weighted by atomic mass is 32.2. The van der Waals surface area contributed by atoms with E-state index < -0.39 is 15.9 Å². The van der Waals surface area contributed by atoms with Gasteiger partial charge in [0.25, 0.3) is 0 Å². The number of fused-ring (bicyclic) bond motifs is 1. The van der Waals surface area contributed by atoms with E-state index in [0.717, 1.165) is 5.52 Å². The van der Waals surface area contributed by atoms with Gasteiger partial charge in [-0.25, -0.2) is 13.4 Å². The Balaban J connectivity index is 1.39. The smallest absolute Gasteiger partial charge is 0.243 e. The number of piperazine rings is 1. The fourth-order valence-electron chi connectivity index (χ4n) is 3.58. The summed E-state index contributed by atoms with van der Waals surface area (Å²) in [7, 11) is -3.54. The molecule has 1 aromatic heterocycles. The molecular formula is C21H21N5O3S. The zero-order valence-corrected chi connectivity index (χ0v) is 17.0. The van der Waals surface area contributed by atoms with Gasteiger partial charge in [0.1, 0.15) is 5.82 Å². The molecule has 0 aliphatic carbocycles. The Hall–Kier alpha value is -3.06. The first kappa shape index (κ1) is 20.2. The van der Waals surface area contributed by atoms with E-state index in [-0.39, 0.29) is 17.2 Å². The molecule has 0 saturated carbocycles. The van der Waals surface area contributed by atoms with Crippen molar-refractivity contribution in [3.05, 3.63) is 60.4 Å². The van der Waals surface area contributed by atoms with E-state index >= 15 is 0 Å². The number of aromatic amines is 1. The number of ketones is 1. The van der Waals surface area contributed by atoms with Crippen LogP contribution in [0.4, 0.5) is 0 Å². The molecule has 154 valence electrons. The van der Waals surface area contributed by atoms with Gasteiger partial charge in [-0.2, -0.15) is 9.57 Å². The molecule has 30 heavy (non-hydrogen) atoms. The van der Waals surface area contributed by atoms with Gasteiger partial charge in [0.15, 0.2) is 11.7 Å². The highest BCUT2D eigenvalue weighted by molar-refractivity contribution is 7.89. The van der Waals surface area contributed by atoms with Gasteiger partial charge in [-0.15, -0.1) is 0 Å². The first-order valence-corrected chi connectivity index (χ1v) is 11.1. The average molecular weight is 423 g/mol. The molecule has 4 rings (SSSR count). The van der Waals surface area contributed by atoms with Crippen LogP contribution in [0.5, 0.6) is 0 Å². The van der Waals surface area contributed by atoms with Crippen molar-refractivity contribution in [2.45, 2.75) is 10.8 Å². The van der Waals surface area contributed by atoms with Crippen molar-refractivity contribution >= 4 is 26.8 Å². The van der Waals surface area contributed by atoms with Crippen molar-refractivity contribution in [2.24, 2.45) is 0 Å². The van der Waals surface area contributed by atoms with Crippen LogP contribution in [-0.4, -0.2) is 66.1 Å². The minimum Gasteiger partial charge on any atom is -0.340 e. The lowest BCUT2D eigenvalue weighted by molar-refractivity contribution is -0.120. The zero-order valence-electron chi connectivity index (χ0n) is 16.2. The van der Waals surface area contributed by atoms with Crippen molar-refractivity contribution in [1.29, 1.82) is 5.26 Å². The highest BCUT2D eigenvalue weighted by Crippen LogP contribution is 2.20. The van der Waals surface area contributed by atoms with Crippen molar-refractivity contribution in [2.75, 3.05) is 32.7 Å². The number of aromatic nitrogens is 2. The number of carbonyl (C=O) groups is 1. The van der Waals surface area contributed by atoms with Crippen LogP contribution in [0.15, 0.2) is 59.5 Å². The van der Waals surface area contributed by atoms with Gasteiger partial charge >= 0.3 is 0 Å². The molecule has 1 unspecified atom stereocenters. The van der Waals surface area contributed by atoms with E-state index in [9.17, 15) is 18.5 Å². The van der Waals surface area contributed by atoms with E-state index in [2.05, 4.69) is 9.97 Å². The predicted molar refractivity (Wildman–Crippen MR) is 111 cm³/mol. The quantitative estimate of drug-likeness (QED) is 0.647. The number of carbonyl (C=O) groups excluding carboxylic acids is 1. The van der Waals surface area contributed by atoms with Crippen molar-refractivity contribution in [3.63, 3.8) is 0 Å². The predicted octanol–water partition coefficient (Wildman–Crippen LogP) is 1.75. The van der Waals surface area contributed by atoms with E-state index in [1.165, 1.54) is 4.31 Å². The Morgan fingerprint density at radius 2 is 1.73 bits per heavy atom. The normalized spacial score (nSPS) is 16.9. The van der Waals surface area contributed by atoms with Crippen molar-refractivity contribution < 1.29 is 13.2 Å². The fraction of sp³-hybridized carbons (Fsp3) is 0.286. The average Bonchev–Trinajstić information content (AvgIpc) is 3.19. The molecule has 8 nitrogen and oxygen atoms in total. The van der Waals surface area contributed by atoms with Crippen LogP contribution in [0.25, 0.3) is 11.0 Å². The van der Waals surface area contributed by atoms with Gasteiger partial charge in [-0.05, 0) is 24.3 Å². The standard InChI is InChI=1S/C21H21N5O3S/c22-14-17(21-23-18-8-4-5-9-19(18)24-21)20(27)15-25-10-12-26(13-11-25)30(28,29)16-6-2-1-3-7-16/h1-9,17H,10-13,15H2,(H,23,24). The van der Waals surface area contributed by atoms with E-state index in [1.807, 2.05) is 35.2 Å². The van der Waals surface area contributed by atoms with E-state index in [4.69, 9.17) is 0 Å². The summed E-state index contributed by atoms with van der Waals surface area (Å²) in [6, 6.07) is 17.7. The molecule has 0 radical (unpaired) electrons. The SMILES string of the molecule is N#CC(C(=O)CN1CCN(S(=O)(=O)c2ccccc2)CC1)c1nc2ccccc2[nH]1. The Kier molecular flexibility index (Phi) is 5.63. The third kappa shape index (κ3) is 3.98. The van der Waals surface area contributed by atoms with Gasteiger partial charge in [0, 0.05) is 26.2 Å². The molecular weight excluding hydrogens is 402 g/mol. The van der Waals surface area contributed by atoms with Crippen LogP contribution in [0.1, 0.15) is 11.7 Å². The summed E-state index contributed by atoms with van der Waals surface area (Å²) in [6.45, 7) is 1.53. The molecule has 0 bridgehead atoms. The Morgan fingerprint density at radius 1 is 1.07 bits per heavy atom. The second-order valence-electron chi connectivity index (χ2n) is 7.16. The summed E-state index contributed by atoms with van der Waals surface area (Å²) in [5.41, 5.74) is 1.49. The van der Waals surface area contributed by atoms with Crippen LogP contribution in [0, 0.1) is 11.3 Å². The minimum atomic E-state index is -3.54. The van der Waals surface area contributed by atoms with Crippen LogP contribution < -0.4 is 0 Å². The Labute approximate surface area is 174 Å². The Bertz CT molecular complexity index is 1160. The number of Topliss-reactive ketones (excluding diaryl/α,β-unsaturated/α-hetero) is 1. The highest BCUT2D eigenvalue weighted by Gasteiger charge is 2.31. The molecule has 1 N–H and O–H groups in total. The second-order valence-corrected chi connectivity index (χ2v) is 9.10. The number of hydrogen-bond acceptors (Lipinski definition) is 6. The number of H-pyrrole nitrogens is 1. The van der Waals surface area contributed by atoms with Crippen LogP contribution >= 0.6 is 0 Å². The first-order chi connectivity index (χ1) is 14.5. The third-order valence-electron chi connectivity index (χ3n) is 5.22. The molecule has 9 heteroatoms. The lowest BCUT2D eigenvalue weighted by Gasteiger charge is -2.33. The molecule has 2 heterocycles. The van der Waals surface area contributed by atoms with Crippen molar-refractivity contribution in [1.82, 2.24) is 19.2 Å². The summed E-state index contributed by atoms with van der Waals surface area (Å²) >= 11 is 0. The number of sulfonamides is 1. The Morgan fingerprint density at radius 3 is 2.40 bits per heavy atom. The molecule has 2 aromatic carbocycles. The van der Waals surface area contributed by atoms with Gasteiger partial charge in [-0.1, -0.05) is 30.3 Å². The maximum Gasteiger partial charge on any atom is 0.243 e. The van der Waals surface area contributed by atoms with Crippen LogP contribution in [0.2, 0.25) is 0 Å². The topological polar surface area (TPSA) is 110 Å². The fourth-order valence-corrected chi connectivity index (χ4v) is 5.02. The summed E-state index contributed by atoms with van der Waals surface area (Å²) in [4.78, 5) is 22.3. The number of hydrogen-bond donors (Lipinski definition) is 1. The van der Waals surface area contributed by atoms with E-state index in [1.54, 1.807) is 30.3 Å². The zero-order chi connectivity index (χ0) is 21.1. The molecule has 1 fully saturated rings. The summed E-state index contributed by atoms with van der Waals surface area (Å²) in [5, 5.41) is 9.54. The van der Waals surface area contributed by atoms with Gasteiger partial charge in [0.05, 0.1) is 28.5 Å². The lowest BCUT2D eigenvalue weighted by atomic mass is 10.0. The molecule has 1 atom stereocenters. The minimum absolute atomic E-state index is 0.0779. The molecule has 1 aliphatic rings. The maximum absolute atomic E-state index is 12.8. The summed E-state index contributed by atoms with van der Waals surface area (Å²) in [6.07, 6.45) is 0. The molecule has 1 aliphatic heterocycles. The number of nitriles is 1. The van der Waals surface area contributed by atoms with Crippen molar-refractivity contribution in [3.8, 4) is 6.07 Å². The largest absolute Gasteiger partial charge is 0.340 e. The number of imidazole rings is 1. The van der Waals surface area contributed by atoms with E-state index in [0.29, 0.717) is 37.5 Å². The number of nitrogens with zero attached hydrogens (tertiary/aromatic N) is 4. The van der Waals surface area contributed by atoms with Gasteiger partial charge in [0.2, 0.25) is 10.0 Å². The molecule has 0 spiro atoms. The summed E-state index contributed by atoms with van der Waals surface area (Å²) < 4.78 is 26.9. The monoisotopic (exact) mass is 423 g/mol. The summed E-state index contributed by atoms with van der Waals surface area (Å²) in [5.74, 6) is -0.895. The molecule has 0 amide bonds.